The molecule has 1 aliphatic heterocycles. The molecule has 114 valence electrons. The predicted octanol–water partition coefficient (Wildman–Crippen LogP) is 0.839. The zero-order valence-corrected chi connectivity index (χ0v) is 11.9. The maximum absolute atomic E-state index is 11.8. The summed E-state index contributed by atoms with van der Waals surface area (Å²) in [5, 5.41) is 9.98. The molecular formula is C14H16O7. The Morgan fingerprint density at radius 1 is 1.33 bits per heavy atom. The lowest BCUT2D eigenvalue weighted by atomic mass is 10.0. The van der Waals surface area contributed by atoms with Crippen molar-refractivity contribution < 1.29 is 33.6 Å². The van der Waals surface area contributed by atoms with Gasteiger partial charge in [-0.15, -0.1) is 0 Å². The predicted molar refractivity (Wildman–Crippen MR) is 70.3 cm³/mol. The lowest BCUT2D eigenvalue weighted by Crippen LogP contribution is -2.30. The second-order valence-corrected chi connectivity index (χ2v) is 4.32. The van der Waals surface area contributed by atoms with Gasteiger partial charge >= 0.3 is 11.9 Å². The van der Waals surface area contributed by atoms with E-state index in [1.165, 1.54) is 26.4 Å². The van der Waals surface area contributed by atoms with Gasteiger partial charge in [-0.2, -0.15) is 0 Å². The van der Waals surface area contributed by atoms with Crippen LogP contribution in [0.2, 0.25) is 0 Å². The Balaban J connectivity index is 2.40. The number of cyclic esters (lactones) is 1. The van der Waals surface area contributed by atoms with Gasteiger partial charge in [0.2, 0.25) is 0 Å². The Morgan fingerprint density at radius 3 is 2.52 bits per heavy atom. The van der Waals surface area contributed by atoms with Crippen LogP contribution in [0, 0.1) is 0 Å². The molecule has 0 bridgehead atoms. The lowest BCUT2D eigenvalue weighted by molar-refractivity contribution is -0.159. The highest BCUT2D eigenvalue weighted by molar-refractivity contribution is 5.96. The van der Waals surface area contributed by atoms with Crippen molar-refractivity contribution in [1.82, 2.24) is 0 Å². The van der Waals surface area contributed by atoms with Crippen LogP contribution in [0.25, 0.3) is 0 Å². The molecule has 21 heavy (non-hydrogen) atoms. The number of carbonyl (C=O) groups is 2. The second kappa shape index (κ2) is 6.01. The molecule has 0 saturated carbocycles. The van der Waals surface area contributed by atoms with Gasteiger partial charge in [-0.05, 0) is 19.1 Å². The fourth-order valence-corrected chi connectivity index (χ4v) is 2.13. The minimum absolute atomic E-state index is 0.120. The van der Waals surface area contributed by atoms with Gasteiger partial charge < -0.3 is 24.1 Å². The van der Waals surface area contributed by atoms with Gasteiger partial charge in [-0.3, -0.25) is 0 Å². The number of aliphatic hydroxyl groups is 1. The molecule has 0 saturated heterocycles. The van der Waals surface area contributed by atoms with E-state index in [9.17, 15) is 14.7 Å². The molecule has 7 heteroatoms. The molecule has 0 spiro atoms. The van der Waals surface area contributed by atoms with Crippen LogP contribution in [0.1, 0.15) is 28.9 Å². The summed E-state index contributed by atoms with van der Waals surface area (Å²) in [6.45, 7) is 1.74. The smallest absolute Gasteiger partial charge is 0.339 e. The standard InChI is InChI=1S/C14H16O7/c1-4-20-14(17)11(15)12-7-5-9(18-2)10(19-3)6-8(7)13(16)21-12/h5-6,11-12,15H,4H2,1-3H3/t11-,12+/m0/s1. The summed E-state index contributed by atoms with van der Waals surface area (Å²) in [5.41, 5.74) is 0.583. The Morgan fingerprint density at radius 2 is 1.95 bits per heavy atom. The summed E-state index contributed by atoms with van der Waals surface area (Å²) in [4.78, 5) is 23.5. The Labute approximate surface area is 121 Å². The van der Waals surface area contributed by atoms with Crippen molar-refractivity contribution in [3.8, 4) is 11.5 Å². The average Bonchev–Trinajstić information content (AvgIpc) is 2.81. The highest BCUT2D eigenvalue weighted by Crippen LogP contribution is 2.40. The molecule has 7 nitrogen and oxygen atoms in total. The van der Waals surface area contributed by atoms with Crippen LogP contribution in [-0.2, 0) is 14.3 Å². The van der Waals surface area contributed by atoms with Crippen molar-refractivity contribution in [2.24, 2.45) is 0 Å². The Hall–Kier alpha value is -2.28. The SMILES string of the molecule is CCOC(=O)[C@@H](O)[C@@H]1OC(=O)c2cc(OC)c(OC)cc21. The molecule has 0 aromatic heterocycles. The van der Waals surface area contributed by atoms with Gasteiger partial charge in [0.25, 0.3) is 0 Å². The van der Waals surface area contributed by atoms with E-state index in [1.54, 1.807) is 6.92 Å². The number of aliphatic hydroxyl groups excluding tert-OH is 1. The van der Waals surface area contributed by atoms with Gasteiger partial charge in [0.05, 0.1) is 26.4 Å². The highest BCUT2D eigenvalue weighted by atomic mass is 16.6. The van der Waals surface area contributed by atoms with Crippen molar-refractivity contribution in [2.75, 3.05) is 20.8 Å². The van der Waals surface area contributed by atoms with Crippen LogP contribution in [0.15, 0.2) is 12.1 Å². The van der Waals surface area contributed by atoms with Crippen molar-refractivity contribution in [3.05, 3.63) is 23.3 Å². The van der Waals surface area contributed by atoms with Crippen LogP contribution in [0.5, 0.6) is 11.5 Å². The molecule has 2 atom stereocenters. The summed E-state index contributed by atoms with van der Waals surface area (Å²) < 4.78 is 20.0. The van der Waals surface area contributed by atoms with Crippen LogP contribution in [0.3, 0.4) is 0 Å². The summed E-state index contributed by atoms with van der Waals surface area (Å²) >= 11 is 0. The third kappa shape index (κ3) is 2.64. The van der Waals surface area contributed by atoms with E-state index in [0.717, 1.165) is 0 Å². The maximum atomic E-state index is 11.8. The normalized spacial score (nSPS) is 17.7. The van der Waals surface area contributed by atoms with Crippen molar-refractivity contribution >= 4 is 11.9 Å². The molecule has 1 aliphatic rings. The highest BCUT2D eigenvalue weighted by Gasteiger charge is 2.41. The number of benzene rings is 1. The summed E-state index contributed by atoms with van der Waals surface area (Å²) in [6.07, 6.45) is -2.71. The van der Waals surface area contributed by atoms with E-state index >= 15 is 0 Å². The quantitative estimate of drug-likeness (QED) is 0.805. The van der Waals surface area contributed by atoms with E-state index < -0.39 is 24.1 Å². The first-order valence-corrected chi connectivity index (χ1v) is 6.35. The molecule has 2 rings (SSSR count). The first-order chi connectivity index (χ1) is 10.0. The average molecular weight is 296 g/mol. The lowest BCUT2D eigenvalue weighted by Gasteiger charge is -2.17. The number of carbonyl (C=O) groups excluding carboxylic acids is 2. The first-order valence-electron chi connectivity index (χ1n) is 6.35. The van der Waals surface area contributed by atoms with E-state index in [-0.39, 0.29) is 12.2 Å². The number of esters is 2. The molecule has 0 amide bonds. The van der Waals surface area contributed by atoms with Gasteiger partial charge in [0.1, 0.15) is 0 Å². The molecule has 0 fully saturated rings. The van der Waals surface area contributed by atoms with E-state index in [4.69, 9.17) is 18.9 Å². The summed E-state index contributed by atoms with van der Waals surface area (Å²) in [6, 6.07) is 2.96. The second-order valence-electron chi connectivity index (χ2n) is 4.32. The van der Waals surface area contributed by atoms with Gasteiger partial charge in [0, 0.05) is 5.56 Å². The summed E-state index contributed by atoms with van der Waals surface area (Å²) in [7, 11) is 2.88. The van der Waals surface area contributed by atoms with Crippen LogP contribution < -0.4 is 9.47 Å². The molecule has 0 radical (unpaired) electrons. The molecule has 1 aromatic carbocycles. The van der Waals surface area contributed by atoms with E-state index in [2.05, 4.69) is 0 Å². The van der Waals surface area contributed by atoms with E-state index in [1.807, 2.05) is 0 Å². The Kier molecular flexibility index (Phi) is 4.32. The molecule has 1 N–H and O–H groups in total. The summed E-state index contributed by atoms with van der Waals surface area (Å²) in [5.74, 6) is -0.757. The van der Waals surface area contributed by atoms with Crippen LogP contribution in [0.4, 0.5) is 0 Å². The van der Waals surface area contributed by atoms with Gasteiger partial charge in [-0.1, -0.05) is 0 Å². The van der Waals surface area contributed by atoms with Crippen molar-refractivity contribution in [1.29, 1.82) is 0 Å². The van der Waals surface area contributed by atoms with Gasteiger partial charge in [-0.25, -0.2) is 9.59 Å². The number of rotatable bonds is 5. The first kappa shape index (κ1) is 15.1. The number of hydrogen-bond donors (Lipinski definition) is 1. The topological polar surface area (TPSA) is 91.3 Å². The monoisotopic (exact) mass is 296 g/mol. The van der Waals surface area contributed by atoms with Gasteiger partial charge in [0.15, 0.2) is 23.7 Å². The van der Waals surface area contributed by atoms with Crippen LogP contribution in [-0.4, -0.2) is 44.0 Å². The largest absolute Gasteiger partial charge is 0.493 e. The molecule has 1 aromatic rings. The molecule has 0 aliphatic carbocycles. The minimum atomic E-state index is -1.59. The Bertz CT molecular complexity index is 567. The minimum Gasteiger partial charge on any atom is -0.493 e. The molecular weight excluding hydrogens is 280 g/mol. The zero-order valence-electron chi connectivity index (χ0n) is 11.9. The number of fused-ring (bicyclic) bond motifs is 1. The van der Waals surface area contributed by atoms with Crippen molar-refractivity contribution in [2.45, 2.75) is 19.1 Å². The van der Waals surface area contributed by atoms with Crippen LogP contribution >= 0.6 is 0 Å². The van der Waals surface area contributed by atoms with Crippen molar-refractivity contribution in [3.63, 3.8) is 0 Å². The maximum Gasteiger partial charge on any atom is 0.339 e. The zero-order chi connectivity index (χ0) is 15.6. The fraction of sp³-hybridized carbons (Fsp3) is 0.429. The molecule has 0 unspecified atom stereocenters. The van der Waals surface area contributed by atoms with E-state index in [0.29, 0.717) is 17.1 Å². The third-order valence-corrected chi connectivity index (χ3v) is 3.13. The number of methoxy groups -OCH3 is 2. The fourth-order valence-electron chi connectivity index (χ4n) is 2.13. The third-order valence-electron chi connectivity index (χ3n) is 3.13. The molecule has 1 heterocycles. The number of hydrogen-bond acceptors (Lipinski definition) is 7. The number of ether oxygens (including phenoxy) is 4.